The van der Waals surface area contributed by atoms with E-state index in [9.17, 15) is 13.5 Å². The number of phenolic OH excluding ortho intramolecular Hbond substituents is 1. The zero-order valence-electron chi connectivity index (χ0n) is 17.5. The second-order valence-electron chi connectivity index (χ2n) is 8.49. The van der Waals surface area contributed by atoms with Crippen LogP contribution in [0.15, 0.2) is 12.1 Å². The third kappa shape index (κ3) is 4.87. The van der Waals surface area contributed by atoms with E-state index in [-0.39, 0.29) is 0 Å². The van der Waals surface area contributed by atoms with E-state index in [0.717, 1.165) is 36.8 Å². The highest BCUT2D eigenvalue weighted by molar-refractivity contribution is 7.86. The first kappa shape index (κ1) is 21.6. The third-order valence-electron chi connectivity index (χ3n) is 6.03. The average Bonchev–Trinajstić information content (AvgIpc) is 2.94. The monoisotopic (exact) mass is 409 g/mol. The molecule has 1 aromatic rings. The number of piperazine rings is 1. The van der Waals surface area contributed by atoms with E-state index < -0.39 is 10.2 Å². The molecule has 0 bridgehead atoms. The zero-order chi connectivity index (χ0) is 20.3. The minimum atomic E-state index is -3.35. The molecule has 2 aliphatic rings. The van der Waals surface area contributed by atoms with Crippen LogP contribution in [0.25, 0.3) is 0 Å². The lowest BCUT2D eigenvalue weighted by atomic mass is 9.95. The molecule has 0 amide bonds. The summed E-state index contributed by atoms with van der Waals surface area (Å²) in [4.78, 5) is 2.24. The Morgan fingerprint density at radius 3 is 2.07 bits per heavy atom. The molecule has 1 aromatic carbocycles. The van der Waals surface area contributed by atoms with Crippen LogP contribution in [-0.2, 0) is 16.8 Å². The zero-order valence-corrected chi connectivity index (χ0v) is 18.3. The average molecular weight is 410 g/mol. The smallest absolute Gasteiger partial charge is 0.282 e. The van der Waals surface area contributed by atoms with Crippen molar-refractivity contribution in [1.82, 2.24) is 13.5 Å². The Labute approximate surface area is 170 Å². The highest BCUT2D eigenvalue weighted by atomic mass is 32.2. The molecule has 2 fully saturated rings. The molecule has 3 rings (SSSR count). The van der Waals surface area contributed by atoms with E-state index in [1.807, 2.05) is 13.0 Å². The van der Waals surface area contributed by atoms with Crippen LogP contribution in [0.4, 0.5) is 0 Å². The maximum absolute atomic E-state index is 13.0. The molecular weight excluding hydrogens is 374 g/mol. The molecule has 0 spiro atoms. The summed E-state index contributed by atoms with van der Waals surface area (Å²) in [7, 11) is -3.35. The van der Waals surface area contributed by atoms with Gasteiger partial charge in [0.25, 0.3) is 10.2 Å². The fourth-order valence-corrected chi connectivity index (χ4v) is 5.97. The number of hydrogen-bond acceptors (Lipinski definition) is 4. The van der Waals surface area contributed by atoms with Crippen molar-refractivity contribution in [2.45, 2.75) is 58.9 Å². The quantitative estimate of drug-likeness (QED) is 0.812. The summed E-state index contributed by atoms with van der Waals surface area (Å²) in [6, 6.07) is 3.96. The van der Waals surface area contributed by atoms with Crippen LogP contribution in [0.3, 0.4) is 0 Å². The predicted molar refractivity (Wildman–Crippen MR) is 113 cm³/mol. The van der Waals surface area contributed by atoms with Crippen molar-refractivity contribution in [2.75, 3.05) is 39.3 Å². The van der Waals surface area contributed by atoms with Crippen molar-refractivity contribution in [3.05, 3.63) is 28.8 Å². The standard InChI is InChI=1S/C21H35N3O3S/c1-17(2)20-15-19(21(25)14-18(20)3)16-22-10-12-24(13-11-22)28(26,27)23-8-6-4-5-7-9-23/h14-15,17,25H,4-13,16H2,1-3H3. The Bertz CT molecular complexity index is 763. The molecule has 2 heterocycles. The van der Waals surface area contributed by atoms with Crippen molar-refractivity contribution in [3.8, 4) is 5.75 Å². The molecule has 1 N–H and O–H groups in total. The van der Waals surface area contributed by atoms with E-state index in [1.165, 1.54) is 5.56 Å². The molecule has 2 saturated heterocycles. The summed E-state index contributed by atoms with van der Waals surface area (Å²) in [5.74, 6) is 0.747. The van der Waals surface area contributed by atoms with E-state index in [2.05, 4.69) is 24.8 Å². The molecule has 0 saturated carbocycles. The van der Waals surface area contributed by atoms with Crippen molar-refractivity contribution in [1.29, 1.82) is 0 Å². The fourth-order valence-electron chi connectivity index (χ4n) is 4.30. The van der Waals surface area contributed by atoms with Gasteiger partial charge in [-0.2, -0.15) is 17.0 Å². The number of rotatable bonds is 5. The van der Waals surface area contributed by atoms with Gasteiger partial charge in [-0.25, -0.2) is 0 Å². The lowest BCUT2D eigenvalue weighted by Gasteiger charge is -2.36. The van der Waals surface area contributed by atoms with Gasteiger partial charge in [0.05, 0.1) is 0 Å². The summed E-state index contributed by atoms with van der Waals surface area (Å²) in [5.41, 5.74) is 3.30. The van der Waals surface area contributed by atoms with Crippen LogP contribution < -0.4 is 0 Å². The first-order valence-corrected chi connectivity index (χ1v) is 12.0. The summed E-state index contributed by atoms with van der Waals surface area (Å²) < 4.78 is 29.2. The lowest BCUT2D eigenvalue weighted by molar-refractivity contribution is 0.173. The first-order chi connectivity index (χ1) is 13.3. The molecular formula is C21H35N3O3S. The number of nitrogens with zero attached hydrogens (tertiary/aromatic N) is 3. The van der Waals surface area contributed by atoms with Gasteiger partial charge in [-0.1, -0.05) is 32.8 Å². The van der Waals surface area contributed by atoms with E-state index in [0.29, 0.717) is 57.5 Å². The van der Waals surface area contributed by atoms with E-state index in [1.54, 1.807) is 8.61 Å². The molecule has 7 heteroatoms. The van der Waals surface area contributed by atoms with E-state index in [4.69, 9.17) is 0 Å². The van der Waals surface area contributed by atoms with Gasteiger partial charge in [0, 0.05) is 51.4 Å². The summed E-state index contributed by atoms with van der Waals surface area (Å²) in [5, 5.41) is 10.4. The van der Waals surface area contributed by atoms with Gasteiger partial charge in [-0.15, -0.1) is 0 Å². The van der Waals surface area contributed by atoms with Crippen LogP contribution >= 0.6 is 0 Å². The number of aryl methyl sites for hydroxylation is 1. The third-order valence-corrected chi connectivity index (χ3v) is 8.07. The minimum absolute atomic E-state index is 0.335. The van der Waals surface area contributed by atoms with Crippen LogP contribution in [-0.4, -0.2) is 66.3 Å². The molecule has 0 radical (unpaired) electrons. The van der Waals surface area contributed by atoms with Crippen LogP contribution in [0, 0.1) is 6.92 Å². The van der Waals surface area contributed by atoms with Gasteiger partial charge in [-0.05, 0) is 42.9 Å². The summed E-state index contributed by atoms with van der Waals surface area (Å²) >= 11 is 0. The van der Waals surface area contributed by atoms with Crippen LogP contribution in [0.5, 0.6) is 5.75 Å². The Morgan fingerprint density at radius 1 is 0.929 bits per heavy atom. The molecule has 0 aliphatic carbocycles. The molecule has 6 nitrogen and oxygen atoms in total. The number of hydrogen-bond donors (Lipinski definition) is 1. The second kappa shape index (κ2) is 9.11. The van der Waals surface area contributed by atoms with E-state index >= 15 is 0 Å². The van der Waals surface area contributed by atoms with Gasteiger partial charge >= 0.3 is 0 Å². The minimum Gasteiger partial charge on any atom is -0.508 e. The Kier molecular flexibility index (Phi) is 7.02. The number of phenols is 1. The predicted octanol–water partition coefficient (Wildman–Crippen LogP) is 3.06. The van der Waals surface area contributed by atoms with Crippen molar-refractivity contribution >= 4 is 10.2 Å². The van der Waals surface area contributed by atoms with Crippen LogP contribution in [0.2, 0.25) is 0 Å². The molecule has 158 valence electrons. The van der Waals surface area contributed by atoms with Gasteiger partial charge in [0.2, 0.25) is 0 Å². The van der Waals surface area contributed by atoms with Gasteiger partial charge in [-0.3, -0.25) is 4.90 Å². The topological polar surface area (TPSA) is 64.1 Å². The van der Waals surface area contributed by atoms with Gasteiger partial charge in [0.15, 0.2) is 0 Å². The normalized spacial score (nSPS) is 21.1. The molecule has 0 unspecified atom stereocenters. The summed E-state index contributed by atoms with van der Waals surface area (Å²) in [6.45, 7) is 10.7. The Balaban J connectivity index is 1.62. The fraction of sp³-hybridized carbons (Fsp3) is 0.714. The van der Waals surface area contributed by atoms with Gasteiger partial charge in [0.1, 0.15) is 5.75 Å². The van der Waals surface area contributed by atoms with Crippen molar-refractivity contribution < 1.29 is 13.5 Å². The maximum atomic E-state index is 13.0. The molecule has 0 aromatic heterocycles. The largest absolute Gasteiger partial charge is 0.508 e. The summed E-state index contributed by atoms with van der Waals surface area (Å²) in [6.07, 6.45) is 4.17. The Hall–Kier alpha value is -1.15. The van der Waals surface area contributed by atoms with Gasteiger partial charge < -0.3 is 5.11 Å². The van der Waals surface area contributed by atoms with Crippen molar-refractivity contribution in [3.63, 3.8) is 0 Å². The maximum Gasteiger partial charge on any atom is 0.282 e. The number of aromatic hydroxyl groups is 1. The van der Waals surface area contributed by atoms with Crippen molar-refractivity contribution in [2.24, 2.45) is 0 Å². The molecule has 2 aliphatic heterocycles. The Morgan fingerprint density at radius 2 is 1.50 bits per heavy atom. The highest BCUT2D eigenvalue weighted by Crippen LogP contribution is 2.28. The number of benzene rings is 1. The molecule has 0 atom stereocenters. The first-order valence-electron chi connectivity index (χ1n) is 10.6. The lowest BCUT2D eigenvalue weighted by Crippen LogP contribution is -2.52. The SMILES string of the molecule is Cc1cc(O)c(CN2CCN(S(=O)(=O)N3CCCCCC3)CC2)cc1C(C)C. The second-order valence-corrected chi connectivity index (χ2v) is 10.4. The molecule has 28 heavy (non-hydrogen) atoms. The highest BCUT2D eigenvalue weighted by Gasteiger charge is 2.32. The van der Waals surface area contributed by atoms with Crippen LogP contribution in [0.1, 0.15) is 62.1 Å².